The Labute approximate surface area is 166 Å². The summed E-state index contributed by atoms with van der Waals surface area (Å²) in [7, 11) is 0. The predicted octanol–water partition coefficient (Wildman–Crippen LogP) is 0.628. The van der Waals surface area contributed by atoms with E-state index >= 15 is 0 Å². The number of hydrogen-bond donors (Lipinski definition) is 5. The van der Waals surface area contributed by atoms with Crippen molar-refractivity contribution >= 4 is 11.9 Å². The Morgan fingerprint density at radius 3 is 2.55 bits per heavy atom. The number of phenolic OH excluding ortho intramolecular Hbond substituents is 3. The van der Waals surface area contributed by atoms with Crippen molar-refractivity contribution in [1.29, 1.82) is 0 Å². The van der Waals surface area contributed by atoms with E-state index < -0.39 is 59.7 Å². The van der Waals surface area contributed by atoms with Gasteiger partial charge in [-0.25, -0.2) is 4.79 Å². The van der Waals surface area contributed by atoms with Gasteiger partial charge in [-0.05, 0) is 12.5 Å². The molecular formula is C19H24O10. The van der Waals surface area contributed by atoms with Crippen molar-refractivity contribution in [3.63, 3.8) is 0 Å². The van der Waals surface area contributed by atoms with Gasteiger partial charge in [0.25, 0.3) is 0 Å². The van der Waals surface area contributed by atoms with Crippen LogP contribution in [0.2, 0.25) is 0 Å². The molecule has 0 saturated carbocycles. The Balaban J connectivity index is 1.81. The van der Waals surface area contributed by atoms with Gasteiger partial charge in [0.15, 0.2) is 17.6 Å². The molecule has 2 aliphatic rings. The van der Waals surface area contributed by atoms with E-state index in [0.717, 1.165) is 18.9 Å². The number of aromatic hydroxyl groups is 3. The van der Waals surface area contributed by atoms with E-state index in [1.165, 1.54) is 0 Å². The lowest BCUT2D eigenvalue weighted by Crippen LogP contribution is -2.58. The molecule has 0 aromatic heterocycles. The van der Waals surface area contributed by atoms with Gasteiger partial charge in [0.1, 0.15) is 31.0 Å². The minimum absolute atomic E-state index is 0.188. The number of ether oxygens (including phenoxy) is 3. The second kappa shape index (κ2) is 8.44. The molecule has 10 heteroatoms. The smallest absolute Gasteiger partial charge is 0.339 e. The van der Waals surface area contributed by atoms with Crippen LogP contribution in [-0.2, 0) is 19.0 Å². The molecule has 5 N–H and O–H groups in total. The summed E-state index contributed by atoms with van der Waals surface area (Å²) < 4.78 is 15.9. The number of esters is 2. The number of hydrogen-bond acceptors (Lipinski definition) is 10. The van der Waals surface area contributed by atoms with E-state index in [1.807, 2.05) is 6.92 Å². The van der Waals surface area contributed by atoms with Crippen molar-refractivity contribution < 1.29 is 49.3 Å². The second-order valence-electron chi connectivity index (χ2n) is 7.14. The first-order chi connectivity index (χ1) is 13.8. The summed E-state index contributed by atoms with van der Waals surface area (Å²) in [5, 5.41) is 50.4. The van der Waals surface area contributed by atoms with Crippen molar-refractivity contribution in [1.82, 2.24) is 0 Å². The molecule has 10 nitrogen and oxygen atoms in total. The fraction of sp³-hybridized carbons (Fsp3) is 0.579. The topological polar surface area (TPSA) is 163 Å². The van der Waals surface area contributed by atoms with Crippen LogP contribution in [0.4, 0.5) is 0 Å². The molecule has 29 heavy (non-hydrogen) atoms. The van der Waals surface area contributed by atoms with Crippen LogP contribution in [0.15, 0.2) is 6.07 Å². The summed E-state index contributed by atoms with van der Waals surface area (Å²) in [6, 6.07) is 0.909. The Morgan fingerprint density at radius 2 is 1.86 bits per heavy atom. The van der Waals surface area contributed by atoms with Crippen molar-refractivity contribution in [3.8, 4) is 17.2 Å². The fourth-order valence-electron chi connectivity index (χ4n) is 3.51. The number of carbonyl (C=O) groups is 2. The Kier molecular flexibility index (Phi) is 6.15. The van der Waals surface area contributed by atoms with Crippen LogP contribution in [-0.4, -0.2) is 68.5 Å². The van der Waals surface area contributed by atoms with Gasteiger partial charge in [-0.15, -0.1) is 0 Å². The van der Waals surface area contributed by atoms with Gasteiger partial charge in [-0.1, -0.05) is 19.8 Å². The molecule has 1 fully saturated rings. The lowest BCUT2D eigenvalue weighted by atomic mass is 9.86. The molecule has 0 amide bonds. The van der Waals surface area contributed by atoms with Crippen molar-refractivity contribution in [3.05, 3.63) is 17.2 Å². The SMILES string of the molecule is CCCCCC(=O)OC[C@H]1O[C@H]2c3c(cc(O)c(O)c3O)C(=O)O[C@@H]2[C@@H](O)[C@@H]1O. The molecule has 5 atom stereocenters. The summed E-state index contributed by atoms with van der Waals surface area (Å²) in [5.41, 5.74) is -0.440. The maximum absolute atomic E-state index is 12.2. The average Bonchev–Trinajstić information content (AvgIpc) is 2.69. The third kappa shape index (κ3) is 3.96. The van der Waals surface area contributed by atoms with E-state index in [0.29, 0.717) is 6.42 Å². The lowest BCUT2D eigenvalue weighted by molar-refractivity contribution is -0.237. The first-order valence-electron chi connectivity index (χ1n) is 9.42. The number of rotatable bonds is 6. The molecule has 0 bridgehead atoms. The van der Waals surface area contributed by atoms with Crippen LogP contribution < -0.4 is 0 Å². The van der Waals surface area contributed by atoms with Gasteiger partial charge in [0, 0.05) is 12.0 Å². The largest absolute Gasteiger partial charge is 0.504 e. The van der Waals surface area contributed by atoms with Gasteiger partial charge in [-0.2, -0.15) is 0 Å². The van der Waals surface area contributed by atoms with E-state index in [9.17, 15) is 35.1 Å². The predicted molar refractivity (Wildman–Crippen MR) is 95.4 cm³/mol. The molecule has 1 saturated heterocycles. The second-order valence-corrected chi connectivity index (χ2v) is 7.14. The highest BCUT2D eigenvalue weighted by atomic mass is 16.6. The standard InChI is InChI=1S/C19H24O10/c1-2-3-4-5-11(21)27-7-10-14(23)16(25)18-17(28-10)12-8(19(26)29-18)6-9(20)13(22)15(12)24/h6,10,14,16-18,20,22-25H,2-5,7H2,1H3/t10-,14-,16+,17+,18-/m1/s1. The highest BCUT2D eigenvalue weighted by Gasteiger charge is 2.52. The molecule has 1 aromatic rings. The van der Waals surface area contributed by atoms with E-state index in [4.69, 9.17) is 14.2 Å². The fourth-order valence-corrected chi connectivity index (χ4v) is 3.51. The number of benzene rings is 1. The van der Waals surface area contributed by atoms with Crippen LogP contribution >= 0.6 is 0 Å². The van der Waals surface area contributed by atoms with Crippen molar-refractivity contribution in [2.24, 2.45) is 0 Å². The van der Waals surface area contributed by atoms with Crippen LogP contribution in [0.5, 0.6) is 17.2 Å². The summed E-state index contributed by atoms with van der Waals surface area (Å²) in [5.74, 6) is -3.84. The Hall–Kier alpha value is -2.56. The molecule has 160 valence electrons. The molecule has 0 aliphatic carbocycles. The number of aliphatic hydroxyl groups excluding tert-OH is 2. The first-order valence-corrected chi connectivity index (χ1v) is 9.42. The number of unbranched alkanes of at least 4 members (excludes halogenated alkanes) is 2. The third-order valence-electron chi connectivity index (χ3n) is 5.12. The Morgan fingerprint density at radius 1 is 1.14 bits per heavy atom. The van der Waals surface area contributed by atoms with E-state index in [2.05, 4.69) is 0 Å². The summed E-state index contributed by atoms with van der Waals surface area (Å²) in [6.07, 6.45) is -4.22. The number of carbonyl (C=O) groups excluding carboxylic acids is 2. The minimum Gasteiger partial charge on any atom is -0.504 e. The zero-order valence-corrected chi connectivity index (χ0v) is 15.8. The highest BCUT2D eigenvalue weighted by Crippen LogP contribution is 2.49. The maximum atomic E-state index is 12.2. The maximum Gasteiger partial charge on any atom is 0.339 e. The monoisotopic (exact) mass is 412 g/mol. The van der Waals surface area contributed by atoms with Gasteiger partial charge in [0.05, 0.1) is 5.56 Å². The van der Waals surface area contributed by atoms with Crippen LogP contribution in [0.3, 0.4) is 0 Å². The van der Waals surface area contributed by atoms with Crippen molar-refractivity contribution in [2.75, 3.05) is 6.61 Å². The first kappa shape index (κ1) is 21.2. The Bertz CT molecular complexity index is 792. The molecule has 2 aliphatic heterocycles. The molecule has 0 spiro atoms. The molecule has 0 unspecified atom stereocenters. The lowest BCUT2D eigenvalue weighted by Gasteiger charge is -2.44. The van der Waals surface area contributed by atoms with Gasteiger partial charge in [-0.3, -0.25) is 4.79 Å². The van der Waals surface area contributed by atoms with Gasteiger partial charge < -0.3 is 39.7 Å². The van der Waals surface area contributed by atoms with E-state index in [-0.39, 0.29) is 24.2 Å². The summed E-state index contributed by atoms with van der Waals surface area (Å²) >= 11 is 0. The highest BCUT2D eigenvalue weighted by molar-refractivity contribution is 5.95. The molecular weight excluding hydrogens is 388 g/mol. The quantitative estimate of drug-likeness (QED) is 0.254. The van der Waals surface area contributed by atoms with Gasteiger partial charge >= 0.3 is 11.9 Å². The van der Waals surface area contributed by atoms with E-state index in [1.54, 1.807) is 0 Å². The number of phenols is 3. The summed E-state index contributed by atoms with van der Waals surface area (Å²) in [4.78, 5) is 24.0. The molecule has 3 rings (SSSR count). The molecule has 0 radical (unpaired) electrons. The summed E-state index contributed by atoms with van der Waals surface area (Å²) in [6.45, 7) is 1.64. The van der Waals surface area contributed by atoms with Gasteiger partial charge in [0.2, 0.25) is 5.75 Å². The van der Waals surface area contributed by atoms with Crippen LogP contribution in [0, 0.1) is 0 Å². The van der Waals surface area contributed by atoms with Crippen molar-refractivity contribution in [2.45, 2.75) is 63.1 Å². The normalized spacial score (nSPS) is 28.2. The zero-order chi connectivity index (χ0) is 21.3. The van der Waals surface area contributed by atoms with Crippen LogP contribution in [0.1, 0.15) is 54.6 Å². The minimum atomic E-state index is -1.59. The molecule has 1 aromatic carbocycles. The average molecular weight is 412 g/mol. The number of aliphatic hydroxyl groups is 2. The molecule has 2 heterocycles. The zero-order valence-electron chi connectivity index (χ0n) is 15.8. The number of fused-ring (bicyclic) bond motifs is 3. The third-order valence-corrected chi connectivity index (χ3v) is 5.12. The van der Waals surface area contributed by atoms with Crippen LogP contribution in [0.25, 0.3) is 0 Å².